The lowest BCUT2D eigenvalue weighted by Gasteiger charge is -2.12. The van der Waals surface area contributed by atoms with Gasteiger partial charge < -0.3 is 4.74 Å². The first-order valence-electron chi connectivity index (χ1n) is 6.82. The number of hydrogen-bond acceptors (Lipinski definition) is 2. The minimum atomic E-state index is 0.967. The van der Waals surface area contributed by atoms with Crippen LogP contribution in [0.5, 0.6) is 5.75 Å². The molecule has 1 heterocycles. The minimum absolute atomic E-state index is 0.967. The van der Waals surface area contributed by atoms with E-state index in [2.05, 4.69) is 53.5 Å². The number of methoxy groups -OCH3 is 1. The molecule has 0 aliphatic carbocycles. The molecular formula is C18H17NO. The molecule has 0 radical (unpaired) electrons. The first-order valence-corrected chi connectivity index (χ1v) is 6.82. The monoisotopic (exact) mass is 263 g/mol. The molecule has 2 aromatic carbocycles. The van der Waals surface area contributed by atoms with Gasteiger partial charge in [-0.1, -0.05) is 30.3 Å². The number of benzene rings is 2. The normalized spacial score (nSPS) is 10.7. The summed E-state index contributed by atoms with van der Waals surface area (Å²) >= 11 is 0. The third kappa shape index (κ3) is 2.50. The number of nitrogens with zero attached hydrogens (tertiary/aromatic N) is 1. The summed E-state index contributed by atoms with van der Waals surface area (Å²) in [7, 11) is 1.74. The summed E-state index contributed by atoms with van der Waals surface area (Å²) < 4.78 is 5.53. The molecule has 0 saturated heterocycles. The zero-order valence-electron chi connectivity index (χ0n) is 11.5. The van der Waals surface area contributed by atoms with Crippen LogP contribution in [-0.2, 0) is 12.8 Å². The van der Waals surface area contributed by atoms with Crippen molar-refractivity contribution in [2.24, 2.45) is 0 Å². The molecule has 0 spiro atoms. The average molecular weight is 263 g/mol. The van der Waals surface area contributed by atoms with Gasteiger partial charge in [0.1, 0.15) is 5.75 Å². The summed E-state index contributed by atoms with van der Waals surface area (Å²) in [5, 5.41) is 2.54. The summed E-state index contributed by atoms with van der Waals surface area (Å²) in [4.78, 5) is 4.06. The Bertz CT molecular complexity index is 707. The van der Waals surface area contributed by atoms with Crippen LogP contribution in [0.25, 0.3) is 10.8 Å². The van der Waals surface area contributed by atoms with E-state index in [1.54, 1.807) is 7.11 Å². The highest BCUT2D eigenvalue weighted by Gasteiger charge is 2.08. The molecule has 0 atom stereocenters. The van der Waals surface area contributed by atoms with Crippen LogP contribution in [0.15, 0.2) is 60.9 Å². The average Bonchev–Trinajstić information content (AvgIpc) is 2.53. The molecule has 0 aliphatic heterocycles. The van der Waals surface area contributed by atoms with Crippen molar-refractivity contribution in [3.63, 3.8) is 0 Å². The van der Waals surface area contributed by atoms with Gasteiger partial charge in [-0.2, -0.15) is 0 Å². The first-order chi connectivity index (χ1) is 9.88. The molecule has 0 unspecified atom stereocenters. The summed E-state index contributed by atoms with van der Waals surface area (Å²) in [6.45, 7) is 0. The quantitative estimate of drug-likeness (QED) is 0.709. The summed E-state index contributed by atoms with van der Waals surface area (Å²) in [6.07, 6.45) is 5.65. The Morgan fingerprint density at radius 2 is 1.70 bits per heavy atom. The number of hydrogen-bond donors (Lipinski definition) is 0. The fourth-order valence-corrected chi connectivity index (χ4v) is 2.58. The maximum absolute atomic E-state index is 5.53. The van der Waals surface area contributed by atoms with Crippen molar-refractivity contribution in [1.29, 1.82) is 0 Å². The van der Waals surface area contributed by atoms with Crippen LogP contribution in [-0.4, -0.2) is 12.1 Å². The molecule has 0 N–H and O–H groups in total. The lowest BCUT2D eigenvalue weighted by molar-refractivity contribution is 0.410. The van der Waals surface area contributed by atoms with Crippen molar-refractivity contribution in [3.05, 3.63) is 72.1 Å². The van der Waals surface area contributed by atoms with Crippen molar-refractivity contribution >= 4 is 10.8 Å². The highest BCUT2D eigenvalue weighted by atomic mass is 16.5. The van der Waals surface area contributed by atoms with Gasteiger partial charge in [-0.25, -0.2) is 0 Å². The molecule has 20 heavy (non-hydrogen) atoms. The Hall–Kier alpha value is -2.35. The van der Waals surface area contributed by atoms with Gasteiger partial charge in [0.2, 0.25) is 0 Å². The molecule has 2 nitrogen and oxygen atoms in total. The number of fused-ring (bicyclic) bond motifs is 1. The van der Waals surface area contributed by atoms with Gasteiger partial charge in [-0.15, -0.1) is 0 Å². The summed E-state index contributed by atoms with van der Waals surface area (Å²) in [5.74, 6) is 0.970. The maximum atomic E-state index is 5.53. The topological polar surface area (TPSA) is 22.1 Å². The number of rotatable bonds is 4. The molecule has 1 aromatic heterocycles. The smallest absolute Gasteiger partial charge is 0.122 e. The van der Waals surface area contributed by atoms with E-state index in [-0.39, 0.29) is 0 Å². The molecule has 0 bridgehead atoms. The lowest BCUT2D eigenvalue weighted by atomic mass is 9.98. The van der Waals surface area contributed by atoms with Gasteiger partial charge in [0.05, 0.1) is 7.11 Å². The van der Waals surface area contributed by atoms with Gasteiger partial charge in [-0.3, -0.25) is 4.98 Å². The largest absolute Gasteiger partial charge is 0.496 e. The Balaban J connectivity index is 1.96. The van der Waals surface area contributed by atoms with Gasteiger partial charge in [0, 0.05) is 18.0 Å². The molecule has 0 fully saturated rings. The van der Waals surface area contributed by atoms with Gasteiger partial charge in [0.15, 0.2) is 0 Å². The van der Waals surface area contributed by atoms with Gasteiger partial charge >= 0.3 is 0 Å². The second-order valence-electron chi connectivity index (χ2n) is 4.82. The van der Waals surface area contributed by atoms with Crippen LogP contribution >= 0.6 is 0 Å². The van der Waals surface area contributed by atoms with E-state index in [0.717, 1.165) is 18.6 Å². The molecule has 0 aliphatic rings. The first kappa shape index (κ1) is 12.7. The number of aryl methyl sites for hydroxylation is 2. The molecule has 100 valence electrons. The van der Waals surface area contributed by atoms with E-state index in [0.29, 0.717) is 0 Å². The predicted octanol–water partition coefficient (Wildman–Crippen LogP) is 4.03. The Morgan fingerprint density at radius 1 is 0.900 bits per heavy atom. The van der Waals surface area contributed by atoms with E-state index >= 15 is 0 Å². The Morgan fingerprint density at radius 3 is 2.50 bits per heavy atom. The van der Waals surface area contributed by atoms with Crippen molar-refractivity contribution < 1.29 is 4.74 Å². The highest BCUT2D eigenvalue weighted by Crippen LogP contribution is 2.29. The van der Waals surface area contributed by atoms with Crippen molar-refractivity contribution in [2.75, 3.05) is 7.11 Å². The highest BCUT2D eigenvalue weighted by molar-refractivity contribution is 5.87. The van der Waals surface area contributed by atoms with Crippen LogP contribution < -0.4 is 4.74 Å². The van der Waals surface area contributed by atoms with Crippen LogP contribution in [0.2, 0.25) is 0 Å². The zero-order chi connectivity index (χ0) is 13.8. The van der Waals surface area contributed by atoms with Crippen molar-refractivity contribution in [2.45, 2.75) is 12.8 Å². The van der Waals surface area contributed by atoms with Crippen LogP contribution in [0.4, 0.5) is 0 Å². The molecule has 0 amide bonds. The zero-order valence-corrected chi connectivity index (χ0v) is 11.5. The van der Waals surface area contributed by atoms with E-state index in [9.17, 15) is 0 Å². The van der Waals surface area contributed by atoms with Gasteiger partial charge in [-0.05, 0) is 47.4 Å². The Kier molecular flexibility index (Phi) is 3.64. The predicted molar refractivity (Wildman–Crippen MR) is 82.1 cm³/mol. The third-order valence-corrected chi connectivity index (χ3v) is 3.63. The minimum Gasteiger partial charge on any atom is -0.496 e. The fourth-order valence-electron chi connectivity index (χ4n) is 2.58. The fraction of sp³-hybridized carbons (Fsp3) is 0.167. The second kappa shape index (κ2) is 5.74. The van der Waals surface area contributed by atoms with Crippen LogP contribution in [0.3, 0.4) is 0 Å². The molecule has 2 heteroatoms. The molecule has 3 aromatic rings. The lowest BCUT2D eigenvalue weighted by Crippen LogP contribution is -1.97. The van der Waals surface area contributed by atoms with Crippen LogP contribution in [0.1, 0.15) is 11.1 Å². The summed E-state index contributed by atoms with van der Waals surface area (Å²) in [6, 6.07) is 16.8. The molecule has 0 saturated carbocycles. The number of aromatic nitrogens is 1. The molecule has 3 rings (SSSR count). The van der Waals surface area contributed by atoms with E-state index < -0.39 is 0 Å². The van der Waals surface area contributed by atoms with Gasteiger partial charge in [0.25, 0.3) is 0 Å². The van der Waals surface area contributed by atoms with Crippen molar-refractivity contribution in [1.82, 2.24) is 4.98 Å². The van der Waals surface area contributed by atoms with E-state index in [1.807, 2.05) is 12.4 Å². The van der Waals surface area contributed by atoms with Crippen molar-refractivity contribution in [3.8, 4) is 5.75 Å². The van der Waals surface area contributed by atoms with E-state index in [4.69, 9.17) is 4.74 Å². The standard InChI is InChI=1S/C18H17NO/c1-20-18-9-7-15-4-2-3-5-16(15)17(18)8-6-14-10-12-19-13-11-14/h2-5,7,9-13H,6,8H2,1H3. The maximum Gasteiger partial charge on any atom is 0.122 e. The second-order valence-corrected chi connectivity index (χ2v) is 4.82. The van der Waals surface area contributed by atoms with Crippen LogP contribution in [0, 0.1) is 0 Å². The third-order valence-electron chi connectivity index (χ3n) is 3.63. The number of pyridine rings is 1. The van der Waals surface area contributed by atoms with E-state index in [1.165, 1.54) is 21.9 Å². The SMILES string of the molecule is COc1ccc2ccccc2c1CCc1ccncc1. The number of ether oxygens (including phenoxy) is 1. The summed E-state index contributed by atoms with van der Waals surface area (Å²) in [5.41, 5.74) is 2.58. The molecular weight excluding hydrogens is 246 g/mol. The Labute approximate surface area is 119 Å².